The topological polar surface area (TPSA) is 115 Å². The molecule has 3 amide bonds. The number of carbonyl (C=O) groups excluding carboxylic acids is 3. The highest BCUT2D eigenvalue weighted by atomic mass is 19.1. The molecular formula is C19H20FN3O6. The number of methoxy groups -OCH3 is 3. The summed E-state index contributed by atoms with van der Waals surface area (Å²) in [5, 5.41) is 2.26. The van der Waals surface area contributed by atoms with E-state index < -0.39 is 30.1 Å². The van der Waals surface area contributed by atoms with Gasteiger partial charge >= 0.3 is 0 Å². The molecule has 9 nitrogen and oxygen atoms in total. The van der Waals surface area contributed by atoms with Gasteiger partial charge in [-0.05, 0) is 24.3 Å². The summed E-state index contributed by atoms with van der Waals surface area (Å²) in [5.41, 5.74) is 4.29. The fourth-order valence-electron chi connectivity index (χ4n) is 2.36. The van der Waals surface area contributed by atoms with Crippen LogP contribution in [0, 0.1) is 5.82 Å². The highest BCUT2D eigenvalue weighted by Gasteiger charge is 2.18. The summed E-state index contributed by atoms with van der Waals surface area (Å²) in [6.45, 7) is -0.470. The SMILES string of the molecule is COc1cc(C(=O)NNC(=O)CNC(=O)c2ccccc2F)cc(OC)c1OC. The van der Waals surface area contributed by atoms with Crippen LogP contribution in [0.25, 0.3) is 0 Å². The Morgan fingerprint density at radius 2 is 1.52 bits per heavy atom. The molecule has 0 fully saturated rings. The Kier molecular flexibility index (Phi) is 7.35. The third kappa shape index (κ3) is 5.34. The molecule has 0 atom stereocenters. The molecule has 0 spiro atoms. The van der Waals surface area contributed by atoms with Crippen molar-refractivity contribution in [1.29, 1.82) is 0 Å². The first-order valence-corrected chi connectivity index (χ1v) is 8.33. The number of hydrogen-bond acceptors (Lipinski definition) is 6. The van der Waals surface area contributed by atoms with Gasteiger partial charge in [0.15, 0.2) is 11.5 Å². The number of hydrazine groups is 1. The average Bonchev–Trinajstić information content (AvgIpc) is 2.74. The van der Waals surface area contributed by atoms with Crippen LogP contribution in [-0.2, 0) is 4.79 Å². The number of nitrogens with one attached hydrogen (secondary N) is 3. The molecule has 0 aliphatic rings. The highest BCUT2D eigenvalue weighted by Crippen LogP contribution is 2.38. The Labute approximate surface area is 166 Å². The molecule has 10 heteroatoms. The van der Waals surface area contributed by atoms with E-state index in [1.165, 1.54) is 51.7 Å². The van der Waals surface area contributed by atoms with Gasteiger partial charge in [0.05, 0.1) is 33.4 Å². The maximum absolute atomic E-state index is 13.5. The fourth-order valence-corrected chi connectivity index (χ4v) is 2.36. The lowest BCUT2D eigenvalue weighted by molar-refractivity contribution is -0.120. The zero-order valence-corrected chi connectivity index (χ0v) is 16.0. The van der Waals surface area contributed by atoms with Crippen molar-refractivity contribution >= 4 is 17.7 Å². The Morgan fingerprint density at radius 3 is 2.07 bits per heavy atom. The first-order chi connectivity index (χ1) is 13.9. The van der Waals surface area contributed by atoms with E-state index in [1.807, 2.05) is 0 Å². The number of hydrogen-bond donors (Lipinski definition) is 3. The smallest absolute Gasteiger partial charge is 0.269 e. The van der Waals surface area contributed by atoms with Gasteiger partial charge in [0.25, 0.3) is 17.7 Å². The van der Waals surface area contributed by atoms with Gasteiger partial charge in [-0.2, -0.15) is 0 Å². The lowest BCUT2D eigenvalue weighted by Gasteiger charge is -2.14. The molecule has 0 unspecified atom stereocenters. The average molecular weight is 405 g/mol. The monoisotopic (exact) mass is 405 g/mol. The van der Waals surface area contributed by atoms with Crippen LogP contribution in [-0.4, -0.2) is 45.6 Å². The van der Waals surface area contributed by atoms with Gasteiger partial charge in [0.1, 0.15) is 5.82 Å². The molecule has 29 heavy (non-hydrogen) atoms. The standard InChI is InChI=1S/C19H20FN3O6/c1-27-14-8-11(9-15(28-2)17(14)29-3)18(25)23-22-16(24)10-21-19(26)12-6-4-5-7-13(12)20/h4-9H,10H2,1-3H3,(H,21,26)(H,22,24)(H,23,25). The number of rotatable bonds is 7. The maximum Gasteiger partial charge on any atom is 0.269 e. The third-order valence-corrected chi connectivity index (χ3v) is 3.77. The molecular weight excluding hydrogens is 385 g/mol. The zero-order valence-electron chi connectivity index (χ0n) is 16.0. The Bertz CT molecular complexity index is 894. The van der Waals surface area contributed by atoms with Crippen molar-refractivity contribution in [3.63, 3.8) is 0 Å². The normalized spacial score (nSPS) is 9.93. The number of halogens is 1. The summed E-state index contributed by atoms with van der Waals surface area (Å²) in [7, 11) is 4.23. The van der Waals surface area contributed by atoms with E-state index in [4.69, 9.17) is 14.2 Å². The Hall–Kier alpha value is -3.82. The number of carbonyl (C=O) groups is 3. The number of ether oxygens (including phenoxy) is 3. The summed E-state index contributed by atoms with van der Waals surface area (Å²) in [5.74, 6) is -1.99. The van der Waals surface area contributed by atoms with Gasteiger partial charge in [-0.15, -0.1) is 0 Å². The van der Waals surface area contributed by atoms with Crippen LogP contribution in [0.15, 0.2) is 36.4 Å². The molecule has 0 bridgehead atoms. The summed E-state index contributed by atoms with van der Waals surface area (Å²) in [6.07, 6.45) is 0. The summed E-state index contributed by atoms with van der Waals surface area (Å²) >= 11 is 0. The van der Waals surface area contributed by atoms with Crippen molar-refractivity contribution in [3.8, 4) is 17.2 Å². The van der Waals surface area contributed by atoms with Crippen LogP contribution in [0.2, 0.25) is 0 Å². The van der Waals surface area contributed by atoms with Crippen molar-refractivity contribution in [1.82, 2.24) is 16.2 Å². The van der Waals surface area contributed by atoms with Crippen LogP contribution < -0.4 is 30.4 Å². The minimum Gasteiger partial charge on any atom is -0.493 e. The van der Waals surface area contributed by atoms with Crippen LogP contribution in [0.3, 0.4) is 0 Å². The molecule has 0 heterocycles. The molecule has 2 rings (SSSR count). The van der Waals surface area contributed by atoms with Crippen molar-refractivity contribution in [2.75, 3.05) is 27.9 Å². The predicted molar refractivity (Wildman–Crippen MR) is 100 cm³/mol. The Morgan fingerprint density at radius 1 is 0.897 bits per heavy atom. The first kappa shape index (κ1) is 21.5. The van der Waals surface area contributed by atoms with Gasteiger partial charge in [0, 0.05) is 5.56 Å². The molecule has 3 N–H and O–H groups in total. The largest absolute Gasteiger partial charge is 0.493 e. The van der Waals surface area contributed by atoms with Crippen molar-refractivity contribution in [2.24, 2.45) is 0 Å². The molecule has 0 saturated carbocycles. The van der Waals surface area contributed by atoms with Crippen LogP contribution in [0.5, 0.6) is 17.2 Å². The minimum atomic E-state index is -0.755. The van der Waals surface area contributed by atoms with Gasteiger partial charge in [0.2, 0.25) is 5.75 Å². The molecule has 154 valence electrons. The van der Waals surface area contributed by atoms with Crippen LogP contribution in [0.1, 0.15) is 20.7 Å². The van der Waals surface area contributed by atoms with Gasteiger partial charge in [-0.1, -0.05) is 12.1 Å². The van der Waals surface area contributed by atoms with E-state index in [0.29, 0.717) is 5.75 Å². The number of benzene rings is 2. The van der Waals surface area contributed by atoms with Crippen LogP contribution >= 0.6 is 0 Å². The molecule has 0 aliphatic carbocycles. The molecule has 0 aromatic heterocycles. The lowest BCUT2D eigenvalue weighted by Crippen LogP contribution is -2.46. The molecule has 0 saturated heterocycles. The van der Waals surface area contributed by atoms with E-state index in [0.717, 1.165) is 6.07 Å². The molecule has 0 radical (unpaired) electrons. The second-order valence-corrected chi connectivity index (χ2v) is 5.58. The van der Waals surface area contributed by atoms with E-state index in [-0.39, 0.29) is 22.6 Å². The highest BCUT2D eigenvalue weighted by molar-refractivity contribution is 5.98. The van der Waals surface area contributed by atoms with Gasteiger partial charge in [-0.3, -0.25) is 25.2 Å². The summed E-state index contributed by atoms with van der Waals surface area (Å²) in [6, 6.07) is 8.17. The molecule has 2 aromatic carbocycles. The fraction of sp³-hybridized carbons (Fsp3) is 0.211. The second-order valence-electron chi connectivity index (χ2n) is 5.58. The Balaban J connectivity index is 1.94. The lowest BCUT2D eigenvalue weighted by atomic mass is 10.1. The van der Waals surface area contributed by atoms with Crippen molar-refractivity contribution < 1.29 is 33.0 Å². The van der Waals surface area contributed by atoms with Gasteiger partial charge < -0.3 is 19.5 Å². The summed E-state index contributed by atoms with van der Waals surface area (Å²) < 4.78 is 29.0. The predicted octanol–water partition coefficient (Wildman–Crippen LogP) is 1.04. The van der Waals surface area contributed by atoms with E-state index in [2.05, 4.69) is 16.2 Å². The quantitative estimate of drug-likeness (QED) is 0.593. The van der Waals surface area contributed by atoms with E-state index in [9.17, 15) is 18.8 Å². The van der Waals surface area contributed by atoms with Crippen molar-refractivity contribution in [3.05, 3.63) is 53.3 Å². The van der Waals surface area contributed by atoms with E-state index in [1.54, 1.807) is 0 Å². The van der Waals surface area contributed by atoms with Crippen molar-refractivity contribution in [2.45, 2.75) is 0 Å². The maximum atomic E-state index is 13.5. The second kappa shape index (κ2) is 9.93. The zero-order chi connectivity index (χ0) is 21.4. The van der Waals surface area contributed by atoms with Gasteiger partial charge in [-0.25, -0.2) is 4.39 Å². The first-order valence-electron chi connectivity index (χ1n) is 8.33. The summed E-state index contributed by atoms with van der Waals surface area (Å²) in [4.78, 5) is 36.0. The van der Waals surface area contributed by atoms with E-state index >= 15 is 0 Å². The molecule has 0 aliphatic heterocycles. The van der Waals surface area contributed by atoms with Crippen LogP contribution in [0.4, 0.5) is 4.39 Å². The third-order valence-electron chi connectivity index (χ3n) is 3.77. The number of amides is 3. The molecule has 2 aromatic rings. The minimum absolute atomic E-state index is 0.134.